The van der Waals surface area contributed by atoms with Gasteiger partial charge in [0.1, 0.15) is 0 Å². The van der Waals surface area contributed by atoms with E-state index in [0.717, 1.165) is 0 Å². The first kappa shape index (κ1) is 9.36. The van der Waals surface area contributed by atoms with Crippen molar-refractivity contribution < 1.29 is 4.42 Å². The van der Waals surface area contributed by atoms with Gasteiger partial charge in [-0.2, -0.15) is 0 Å². The Morgan fingerprint density at radius 3 is 3.07 bits per heavy atom. The van der Waals surface area contributed by atoms with Crippen LogP contribution in [0.25, 0.3) is 21.5 Å². The Morgan fingerprint density at radius 2 is 2.40 bits per heavy atom. The van der Waals surface area contributed by atoms with E-state index >= 15 is 0 Å². The SMILES string of the molecule is CCn1c(=O)oc2cc(N=[N+]=[N-])ccc21. The molecule has 1 aromatic heterocycles. The van der Waals surface area contributed by atoms with Crippen LogP contribution in [-0.2, 0) is 6.54 Å². The van der Waals surface area contributed by atoms with Gasteiger partial charge >= 0.3 is 5.76 Å². The van der Waals surface area contributed by atoms with E-state index in [1.165, 1.54) is 4.57 Å². The molecule has 15 heavy (non-hydrogen) atoms. The summed E-state index contributed by atoms with van der Waals surface area (Å²) in [6.07, 6.45) is 0. The van der Waals surface area contributed by atoms with Gasteiger partial charge in [-0.05, 0) is 24.6 Å². The normalized spacial score (nSPS) is 10.2. The monoisotopic (exact) mass is 204 g/mol. The molecular weight excluding hydrogens is 196 g/mol. The maximum Gasteiger partial charge on any atom is 0.419 e. The van der Waals surface area contributed by atoms with Crippen LogP contribution in [0.15, 0.2) is 32.5 Å². The van der Waals surface area contributed by atoms with Crippen LogP contribution in [0.1, 0.15) is 6.92 Å². The third-order valence-electron chi connectivity index (χ3n) is 2.13. The van der Waals surface area contributed by atoms with Gasteiger partial charge in [0.2, 0.25) is 0 Å². The first-order chi connectivity index (χ1) is 7.26. The van der Waals surface area contributed by atoms with Crippen LogP contribution in [0, 0.1) is 0 Å². The summed E-state index contributed by atoms with van der Waals surface area (Å²) in [4.78, 5) is 14.0. The molecule has 2 aromatic rings. The fourth-order valence-electron chi connectivity index (χ4n) is 1.47. The molecule has 1 heterocycles. The van der Waals surface area contributed by atoms with Gasteiger partial charge in [-0.25, -0.2) is 4.79 Å². The average Bonchev–Trinajstić information content (AvgIpc) is 2.53. The highest BCUT2D eigenvalue weighted by atomic mass is 16.4. The molecule has 0 bridgehead atoms. The van der Waals surface area contributed by atoms with Crippen molar-refractivity contribution in [3.8, 4) is 0 Å². The highest BCUT2D eigenvalue weighted by Gasteiger charge is 2.07. The summed E-state index contributed by atoms with van der Waals surface area (Å²) in [6.45, 7) is 2.41. The van der Waals surface area contributed by atoms with Gasteiger partial charge in [-0.1, -0.05) is 11.2 Å². The van der Waals surface area contributed by atoms with Crippen molar-refractivity contribution in [2.45, 2.75) is 13.5 Å². The molecule has 0 N–H and O–H groups in total. The van der Waals surface area contributed by atoms with Crippen molar-refractivity contribution in [2.24, 2.45) is 5.11 Å². The van der Waals surface area contributed by atoms with E-state index in [1.54, 1.807) is 18.2 Å². The summed E-state index contributed by atoms with van der Waals surface area (Å²) in [5.41, 5.74) is 9.84. The third kappa shape index (κ3) is 1.47. The predicted molar refractivity (Wildman–Crippen MR) is 55.0 cm³/mol. The summed E-state index contributed by atoms with van der Waals surface area (Å²) in [5.74, 6) is -0.398. The molecule has 0 spiro atoms. The third-order valence-corrected chi connectivity index (χ3v) is 2.13. The standard InChI is InChI=1S/C9H8N4O2/c1-2-13-7-4-3-6(11-12-10)5-8(7)15-9(13)14/h3-5H,2H2,1H3. The highest BCUT2D eigenvalue weighted by Crippen LogP contribution is 2.20. The van der Waals surface area contributed by atoms with Crippen molar-refractivity contribution in [3.05, 3.63) is 39.2 Å². The molecule has 0 aliphatic carbocycles. The lowest BCUT2D eigenvalue weighted by Crippen LogP contribution is -2.11. The molecule has 0 saturated carbocycles. The Kier molecular flexibility index (Phi) is 2.19. The molecule has 0 aliphatic rings. The Balaban J connectivity index is 2.74. The molecule has 6 nitrogen and oxygen atoms in total. The van der Waals surface area contributed by atoms with E-state index in [2.05, 4.69) is 10.0 Å². The fraction of sp³-hybridized carbons (Fsp3) is 0.222. The van der Waals surface area contributed by atoms with Crippen LogP contribution in [0.5, 0.6) is 0 Å². The lowest BCUT2D eigenvalue weighted by atomic mass is 10.3. The van der Waals surface area contributed by atoms with E-state index in [9.17, 15) is 4.79 Å². The second-order valence-corrected chi connectivity index (χ2v) is 2.95. The van der Waals surface area contributed by atoms with E-state index in [1.807, 2.05) is 6.92 Å². The summed E-state index contributed by atoms with van der Waals surface area (Å²) >= 11 is 0. The zero-order valence-electron chi connectivity index (χ0n) is 8.04. The van der Waals surface area contributed by atoms with Gasteiger partial charge in [0.05, 0.1) is 5.52 Å². The number of benzene rings is 1. The van der Waals surface area contributed by atoms with E-state index in [-0.39, 0.29) is 0 Å². The molecule has 0 fully saturated rings. The van der Waals surface area contributed by atoms with Crippen molar-refractivity contribution in [1.29, 1.82) is 0 Å². The van der Waals surface area contributed by atoms with E-state index in [4.69, 9.17) is 9.95 Å². The molecule has 0 saturated heterocycles. The van der Waals surface area contributed by atoms with E-state index in [0.29, 0.717) is 23.3 Å². The van der Waals surface area contributed by atoms with Gasteiger partial charge in [-0.15, -0.1) is 0 Å². The molecule has 2 rings (SSSR count). The van der Waals surface area contributed by atoms with Crippen LogP contribution in [0.3, 0.4) is 0 Å². The summed E-state index contributed by atoms with van der Waals surface area (Å²) in [5, 5.41) is 3.43. The molecule has 0 atom stereocenters. The lowest BCUT2D eigenvalue weighted by molar-refractivity contribution is 0.513. The first-order valence-electron chi connectivity index (χ1n) is 4.44. The van der Waals surface area contributed by atoms with Crippen LogP contribution in [-0.4, -0.2) is 4.57 Å². The number of aromatic nitrogens is 1. The number of oxazole rings is 1. The van der Waals surface area contributed by atoms with Crippen LogP contribution in [0.2, 0.25) is 0 Å². The Bertz CT molecular complexity index is 604. The number of aryl methyl sites for hydroxylation is 1. The quantitative estimate of drug-likeness (QED) is 0.427. The van der Waals surface area contributed by atoms with Gasteiger partial charge < -0.3 is 4.42 Å². The largest absolute Gasteiger partial charge is 0.419 e. The number of hydrogen-bond acceptors (Lipinski definition) is 3. The van der Waals surface area contributed by atoms with Gasteiger partial charge in [0.25, 0.3) is 0 Å². The van der Waals surface area contributed by atoms with Gasteiger partial charge in [0.15, 0.2) is 5.58 Å². The minimum atomic E-state index is -0.398. The van der Waals surface area contributed by atoms with Crippen LogP contribution < -0.4 is 5.76 Å². The minimum absolute atomic E-state index is 0.398. The molecule has 76 valence electrons. The average molecular weight is 204 g/mol. The second kappa shape index (κ2) is 3.51. The Hall–Kier alpha value is -2.20. The Morgan fingerprint density at radius 1 is 1.60 bits per heavy atom. The molecular formula is C9H8N4O2. The molecule has 1 aromatic carbocycles. The number of fused-ring (bicyclic) bond motifs is 1. The number of nitrogens with zero attached hydrogens (tertiary/aromatic N) is 4. The molecule has 0 amide bonds. The van der Waals surface area contributed by atoms with Crippen molar-refractivity contribution in [1.82, 2.24) is 4.57 Å². The molecule has 6 heteroatoms. The first-order valence-corrected chi connectivity index (χ1v) is 4.44. The van der Waals surface area contributed by atoms with E-state index < -0.39 is 5.76 Å². The zero-order chi connectivity index (χ0) is 10.8. The molecule has 0 unspecified atom stereocenters. The van der Waals surface area contributed by atoms with Gasteiger partial charge in [-0.3, -0.25) is 4.57 Å². The summed E-state index contributed by atoms with van der Waals surface area (Å²) in [6, 6.07) is 4.89. The maximum absolute atomic E-state index is 11.3. The molecule has 0 aliphatic heterocycles. The number of rotatable bonds is 2. The van der Waals surface area contributed by atoms with Crippen molar-refractivity contribution in [3.63, 3.8) is 0 Å². The summed E-state index contributed by atoms with van der Waals surface area (Å²) < 4.78 is 6.51. The Labute approximate surface area is 84.4 Å². The topological polar surface area (TPSA) is 83.9 Å². The number of hydrogen-bond donors (Lipinski definition) is 0. The maximum atomic E-state index is 11.3. The molecule has 0 radical (unpaired) electrons. The van der Waals surface area contributed by atoms with Crippen molar-refractivity contribution in [2.75, 3.05) is 0 Å². The van der Waals surface area contributed by atoms with Crippen molar-refractivity contribution >= 4 is 16.8 Å². The second-order valence-electron chi connectivity index (χ2n) is 2.95. The van der Waals surface area contributed by atoms with Crippen LogP contribution >= 0.6 is 0 Å². The van der Waals surface area contributed by atoms with Gasteiger partial charge in [0, 0.05) is 17.1 Å². The predicted octanol–water partition coefficient (Wildman–Crippen LogP) is 2.56. The fourth-order valence-corrected chi connectivity index (χ4v) is 1.47. The number of azide groups is 1. The lowest BCUT2D eigenvalue weighted by Gasteiger charge is -1.95. The summed E-state index contributed by atoms with van der Waals surface area (Å²) in [7, 11) is 0. The highest BCUT2D eigenvalue weighted by molar-refractivity contribution is 5.76. The van der Waals surface area contributed by atoms with Crippen LogP contribution in [0.4, 0.5) is 5.69 Å². The zero-order valence-corrected chi connectivity index (χ0v) is 8.04. The minimum Gasteiger partial charge on any atom is -0.408 e. The smallest absolute Gasteiger partial charge is 0.408 e.